The fourth-order valence-electron chi connectivity index (χ4n) is 2.46. The van der Waals surface area contributed by atoms with Gasteiger partial charge in [0.2, 0.25) is 0 Å². The number of aromatic hydroxyl groups is 1. The Bertz CT molecular complexity index is 1190. The van der Waals surface area contributed by atoms with Gasteiger partial charge in [0.25, 0.3) is 11.6 Å². The fourth-order valence-corrected chi connectivity index (χ4v) is 2.46. The summed E-state index contributed by atoms with van der Waals surface area (Å²) in [5.41, 5.74) is -2.15. The molecule has 0 bridgehead atoms. The first-order valence-corrected chi connectivity index (χ1v) is 7.88. The summed E-state index contributed by atoms with van der Waals surface area (Å²) in [7, 11) is 1.39. The molecule has 2 heterocycles. The Morgan fingerprint density at radius 2 is 1.93 bits per heavy atom. The average Bonchev–Trinajstić information content (AvgIpc) is 3.13. The van der Waals surface area contributed by atoms with E-state index < -0.39 is 27.0 Å². The number of aromatic nitrogens is 2. The molecular weight excluding hydrogens is 388 g/mol. The largest absolute Gasteiger partial charge is 0.497 e. The molecule has 0 fully saturated rings. The molecule has 1 aromatic carbocycles. The van der Waals surface area contributed by atoms with Gasteiger partial charge in [0.15, 0.2) is 0 Å². The van der Waals surface area contributed by atoms with Gasteiger partial charge in [0.1, 0.15) is 23.1 Å². The summed E-state index contributed by atoms with van der Waals surface area (Å²) < 4.78 is 10.5. The number of aromatic amines is 1. The normalized spacial score (nSPS) is 10.9. The number of ether oxygens (including phenoxy) is 1. The molecule has 0 aliphatic heterocycles. The van der Waals surface area contributed by atoms with Crippen LogP contribution in [0.15, 0.2) is 39.5 Å². The van der Waals surface area contributed by atoms with Gasteiger partial charge in [-0.05, 0) is 36.4 Å². The summed E-state index contributed by atoms with van der Waals surface area (Å²) >= 11 is 0. The first-order chi connectivity index (χ1) is 13.8. The van der Waals surface area contributed by atoms with Gasteiger partial charge in [-0.3, -0.25) is 25.0 Å². The molecule has 0 amide bonds. The standard InChI is InChI=1S/C17H12N4O8/c1-28-10-2-5-11(12(8-10)20(24)25)13-6-3-9(29-13)4-7-14-18-16(22)15(21(26)27)17(23)19-14/h2-8H,1H3,(H2,18,19,22,23)/b7-4-. The molecule has 0 saturated heterocycles. The predicted octanol–water partition coefficient (Wildman–Crippen LogP) is 2.73. The minimum Gasteiger partial charge on any atom is -0.497 e. The van der Waals surface area contributed by atoms with E-state index in [0.29, 0.717) is 5.75 Å². The highest BCUT2D eigenvalue weighted by atomic mass is 16.6. The highest BCUT2D eigenvalue weighted by molar-refractivity contribution is 5.73. The molecule has 12 nitrogen and oxygen atoms in total. The number of hydrogen-bond donors (Lipinski definition) is 2. The van der Waals surface area contributed by atoms with Gasteiger partial charge in [-0.2, -0.15) is 4.98 Å². The van der Waals surface area contributed by atoms with Crippen molar-refractivity contribution in [1.29, 1.82) is 0 Å². The van der Waals surface area contributed by atoms with Crippen molar-refractivity contribution in [3.63, 3.8) is 0 Å². The summed E-state index contributed by atoms with van der Waals surface area (Å²) in [6.45, 7) is 0. The van der Waals surface area contributed by atoms with Crippen LogP contribution in [0, 0.1) is 20.2 Å². The number of H-pyrrole nitrogens is 1. The number of nitrogens with one attached hydrogen (secondary N) is 1. The summed E-state index contributed by atoms with van der Waals surface area (Å²) in [5.74, 6) is -0.378. The topological polar surface area (TPSA) is 175 Å². The lowest BCUT2D eigenvalue weighted by molar-refractivity contribution is -0.387. The average molecular weight is 400 g/mol. The second-order valence-electron chi connectivity index (χ2n) is 5.56. The Balaban J connectivity index is 1.91. The van der Waals surface area contributed by atoms with Crippen molar-refractivity contribution in [2.75, 3.05) is 7.11 Å². The lowest BCUT2D eigenvalue weighted by Crippen LogP contribution is -2.14. The van der Waals surface area contributed by atoms with E-state index in [9.17, 15) is 30.1 Å². The van der Waals surface area contributed by atoms with Crippen LogP contribution in [0.2, 0.25) is 0 Å². The number of furan rings is 1. The molecule has 0 aliphatic carbocycles. The lowest BCUT2D eigenvalue weighted by atomic mass is 10.1. The van der Waals surface area contributed by atoms with Crippen molar-refractivity contribution in [1.82, 2.24) is 9.97 Å². The van der Waals surface area contributed by atoms with Crippen molar-refractivity contribution in [2.24, 2.45) is 0 Å². The molecule has 2 aromatic heterocycles. The summed E-state index contributed by atoms with van der Waals surface area (Å²) in [6.07, 6.45) is 2.61. The molecule has 0 unspecified atom stereocenters. The molecule has 0 aliphatic rings. The summed E-state index contributed by atoms with van der Waals surface area (Å²) in [6, 6.07) is 7.33. The maximum atomic E-state index is 11.6. The van der Waals surface area contributed by atoms with Crippen molar-refractivity contribution >= 4 is 23.5 Å². The zero-order chi connectivity index (χ0) is 21.1. The Labute approximate surface area is 161 Å². The number of nitro benzene ring substituents is 1. The van der Waals surface area contributed by atoms with Gasteiger partial charge in [0.05, 0.1) is 28.6 Å². The van der Waals surface area contributed by atoms with Crippen LogP contribution in [-0.4, -0.2) is 32.0 Å². The first-order valence-electron chi connectivity index (χ1n) is 7.88. The molecule has 0 saturated carbocycles. The predicted molar refractivity (Wildman–Crippen MR) is 99.5 cm³/mol. The van der Waals surface area contributed by atoms with Crippen LogP contribution in [-0.2, 0) is 0 Å². The van der Waals surface area contributed by atoms with Crippen LogP contribution in [0.5, 0.6) is 11.6 Å². The summed E-state index contributed by atoms with van der Waals surface area (Å²) in [5, 5.41) is 31.5. The first kappa shape index (κ1) is 19.3. The van der Waals surface area contributed by atoms with Crippen LogP contribution in [0.1, 0.15) is 11.6 Å². The van der Waals surface area contributed by atoms with E-state index in [0.717, 1.165) is 0 Å². The van der Waals surface area contributed by atoms with Gasteiger partial charge in [-0.15, -0.1) is 0 Å². The van der Waals surface area contributed by atoms with E-state index in [1.165, 1.54) is 43.5 Å². The molecule has 0 radical (unpaired) electrons. The maximum Gasteiger partial charge on any atom is 0.395 e. The van der Waals surface area contributed by atoms with Crippen molar-refractivity contribution < 1.29 is 24.1 Å². The Kier molecular flexibility index (Phi) is 5.08. The van der Waals surface area contributed by atoms with Crippen LogP contribution < -0.4 is 10.3 Å². The van der Waals surface area contributed by atoms with Crippen LogP contribution >= 0.6 is 0 Å². The van der Waals surface area contributed by atoms with Gasteiger partial charge in [0, 0.05) is 0 Å². The fraction of sp³-hybridized carbons (Fsp3) is 0.0588. The lowest BCUT2D eigenvalue weighted by Gasteiger charge is -2.03. The number of benzene rings is 1. The number of methoxy groups -OCH3 is 1. The quantitative estimate of drug-likeness (QED) is 0.465. The van der Waals surface area contributed by atoms with Gasteiger partial charge in [-0.25, -0.2) is 0 Å². The third kappa shape index (κ3) is 3.95. The minimum atomic E-state index is -1.11. The Morgan fingerprint density at radius 1 is 1.17 bits per heavy atom. The monoisotopic (exact) mass is 400 g/mol. The molecule has 12 heteroatoms. The molecule has 0 atom stereocenters. The van der Waals surface area contributed by atoms with E-state index in [4.69, 9.17) is 9.15 Å². The zero-order valence-corrected chi connectivity index (χ0v) is 14.7. The molecule has 29 heavy (non-hydrogen) atoms. The smallest absolute Gasteiger partial charge is 0.395 e. The van der Waals surface area contributed by atoms with Crippen molar-refractivity contribution in [2.45, 2.75) is 0 Å². The third-order valence-electron chi connectivity index (χ3n) is 3.78. The molecular formula is C17H12N4O8. The second-order valence-corrected chi connectivity index (χ2v) is 5.56. The molecule has 148 valence electrons. The minimum absolute atomic E-state index is 0.147. The van der Waals surface area contributed by atoms with E-state index >= 15 is 0 Å². The van der Waals surface area contributed by atoms with Crippen LogP contribution in [0.4, 0.5) is 11.4 Å². The molecule has 2 N–H and O–H groups in total. The van der Waals surface area contributed by atoms with Crippen LogP contribution in [0.3, 0.4) is 0 Å². The highest BCUT2D eigenvalue weighted by Crippen LogP contribution is 2.34. The van der Waals surface area contributed by atoms with Crippen LogP contribution in [0.25, 0.3) is 23.5 Å². The molecule has 0 spiro atoms. The SMILES string of the molecule is COc1ccc(-c2ccc(/C=C\c3nc(O)c([N+](=O)[O-])c(=O)[nH]3)o2)c([N+](=O)[O-])c1. The number of hydrogen-bond acceptors (Lipinski definition) is 9. The summed E-state index contributed by atoms with van der Waals surface area (Å²) in [4.78, 5) is 37.7. The van der Waals surface area contributed by atoms with Crippen molar-refractivity contribution in [3.05, 3.63) is 72.5 Å². The highest BCUT2D eigenvalue weighted by Gasteiger charge is 2.21. The number of nitrogens with zero attached hydrogens (tertiary/aromatic N) is 3. The van der Waals surface area contributed by atoms with Gasteiger partial charge >= 0.3 is 11.2 Å². The van der Waals surface area contributed by atoms with Crippen molar-refractivity contribution in [3.8, 4) is 23.0 Å². The Hall–Kier alpha value is -4.48. The Morgan fingerprint density at radius 3 is 2.55 bits per heavy atom. The zero-order valence-electron chi connectivity index (χ0n) is 14.7. The van der Waals surface area contributed by atoms with E-state index in [-0.39, 0.29) is 28.6 Å². The van der Waals surface area contributed by atoms with Gasteiger partial charge < -0.3 is 19.2 Å². The van der Waals surface area contributed by atoms with E-state index in [1.807, 2.05) is 0 Å². The third-order valence-corrected chi connectivity index (χ3v) is 3.78. The second kappa shape index (κ2) is 7.64. The van der Waals surface area contributed by atoms with E-state index in [2.05, 4.69) is 9.97 Å². The number of nitro groups is 2. The molecule has 3 aromatic rings. The van der Waals surface area contributed by atoms with E-state index in [1.54, 1.807) is 6.07 Å². The molecule has 3 rings (SSSR count). The maximum absolute atomic E-state index is 11.6. The van der Waals surface area contributed by atoms with Gasteiger partial charge in [-0.1, -0.05) is 0 Å². The number of rotatable bonds is 6.